The summed E-state index contributed by atoms with van der Waals surface area (Å²) in [6.07, 6.45) is 1.66. The maximum Gasteiger partial charge on any atom is 0.266 e. The van der Waals surface area contributed by atoms with Crippen LogP contribution in [0.2, 0.25) is 5.02 Å². The molecule has 0 saturated carbocycles. The number of nitrogens with one attached hydrogen (secondary N) is 2. The molecular weight excluding hydrogens is 422 g/mol. The summed E-state index contributed by atoms with van der Waals surface area (Å²) in [4.78, 5) is 4.48. The van der Waals surface area contributed by atoms with Gasteiger partial charge in [-0.25, -0.2) is 13.1 Å². The maximum atomic E-state index is 12.7. The normalized spacial score (nSPS) is 15.7. The molecule has 0 saturated heterocycles. The van der Waals surface area contributed by atoms with Crippen LogP contribution in [0.1, 0.15) is 12.0 Å². The predicted molar refractivity (Wildman–Crippen MR) is 119 cm³/mol. The van der Waals surface area contributed by atoms with Gasteiger partial charge >= 0.3 is 0 Å². The molecule has 0 aliphatic carbocycles. The van der Waals surface area contributed by atoms with E-state index in [-0.39, 0.29) is 10.9 Å². The van der Waals surface area contributed by atoms with Gasteiger partial charge in [0.1, 0.15) is 16.3 Å². The second-order valence-corrected chi connectivity index (χ2v) is 8.77. The van der Waals surface area contributed by atoms with Crippen LogP contribution in [0, 0.1) is 0 Å². The highest BCUT2D eigenvalue weighted by molar-refractivity contribution is 7.90. The van der Waals surface area contributed by atoms with Gasteiger partial charge in [0, 0.05) is 6.54 Å². The number of benzene rings is 3. The lowest BCUT2D eigenvalue weighted by molar-refractivity contribution is 0.483. The summed E-state index contributed by atoms with van der Waals surface area (Å²) in [7, 11) is -3.76. The van der Waals surface area contributed by atoms with Crippen molar-refractivity contribution in [2.45, 2.75) is 17.7 Å². The minimum Gasteiger partial charge on any atom is -0.454 e. The highest BCUT2D eigenvalue weighted by Crippen LogP contribution is 2.38. The Morgan fingerprint density at radius 2 is 1.63 bits per heavy atom. The van der Waals surface area contributed by atoms with E-state index >= 15 is 0 Å². The molecule has 8 heteroatoms. The molecule has 0 spiro atoms. The van der Waals surface area contributed by atoms with E-state index in [4.69, 9.17) is 16.3 Å². The molecule has 0 fully saturated rings. The predicted octanol–water partition coefficient (Wildman–Crippen LogP) is 4.82. The van der Waals surface area contributed by atoms with Gasteiger partial charge in [0.05, 0.1) is 5.02 Å². The zero-order valence-corrected chi connectivity index (χ0v) is 17.6. The van der Waals surface area contributed by atoms with Crippen molar-refractivity contribution < 1.29 is 13.2 Å². The van der Waals surface area contributed by atoms with Crippen molar-refractivity contribution in [2.75, 3.05) is 11.9 Å². The van der Waals surface area contributed by atoms with Crippen molar-refractivity contribution in [3.63, 3.8) is 0 Å². The topological polar surface area (TPSA) is 79.8 Å². The Labute approximate surface area is 180 Å². The van der Waals surface area contributed by atoms with E-state index < -0.39 is 10.0 Å². The fourth-order valence-electron chi connectivity index (χ4n) is 3.11. The van der Waals surface area contributed by atoms with Gasteiger partial charge in [-0.05, 0) is 42.7 Å². The summed E-state index contributed by atoms with van der Waals surface area (Å²) in [6.45, 7) is 0.475. The Kier molecular flexibility index (Phi) is 5.92. The molecular formula is C22H20ClN3O3S. The van der Waals surface area contributed by atoms with Gasteiger partial charge in [-0.15, -0.1) is 0 Å². The number of sulfonamides is 1. The summed E-state index contributed by atoms with van der Waals surface area (Å²) in [6, 6.07) is 21.9. The van der Waals surface area contributed by atoms with Crippen LogP contribution >= 0.6 is 11.6 Å². The molecule has 30 heavy (non-hydrogen) atoms. The molecule has 154 valence electrons. The van der Waals surface area contributed by atoms with Gasteiger partial charge in [-0.1, -0.05) is 60.1 Å². The first-order valence-electron chi connectivity index (χ1n) is 9.46. The first-order chi connectivity index (χ1) is 14.5. The molecule has 0 aromatic heterocycles. The Bertz CT molecular complexity index is 1180. The number of fused-ring (bicyclic) bond motifs is 1. The number of nitrogens with zero attached hydrogens (tertiary/aromatic N) is 1. The van der Waals surface area contributed by atoms with E-state index in [1.165, 1.54) is 11.6 Å². The molecule has 2 N–H and O–H groups in total. The SMILES string of the molecule is O=S1(=O)NC(=NCCCc2ccccc2)Nc2c(Oc3ccccc3Cl)cccc21. The fraction of sp³-hybridized carbons (Fsp3) is 0.136. The second kappa shape index (κ2) is 8.77. The van der Waals surface area contributed by atoms with Crippen LogP contribution in [-0.4, -0.2) is 20.9 Å². The van der Waals surface area contributed by atoms with Crippen molar-refractivity contribution in [3.8, 4) is 11.5 Å². The van der Waals surface area contributed by atoms with Crippen molar-refractivity contribution in [2.24, 2.45) is 4.99 Å². The number of aryl methyl sites for hydroxylation is 1. The van der Waals surface area contributed by atoms with Crippen molar-refractivity contribution in [1.29, 1.82) is 0 Å². The molecule has 0 radical (unpaired) electrons. The molecule has 1 aliphatic rings. The third-order valence-corrected chi connectivity index (χ3v) is 6.24. The number of rotatable bonds is 6. The molecule has 0 atom stereocenters. The highest BCUT2D eigenvalue weighted by Gasteiger charge is 2.29. The van der Waals surface area contributed by atoms with Crippen LogP contribution < -0.4 is 14.8 Å². The third kappa shape index (κ3) is 4.58. The molecule has 4 rings (SSSR count). The number of hydrogen-bond donors (Lipinski definition) is 2. The number of aliphatic imine (C=N–C) groups is 1. The van der Waals surface area contributed by atoms with Crippen LogP contribution in [0.25, 0.3) is 0 Å². The first kappa shape index (κ1) is 20.3. The van der Waals surface area contributed by atoms with E-state index in [1.807, 2.05) is 18.2 Å². The number of guanidine groups is 1. The summed E-state index contributed by atoms with van der Waals surface area (Å²) in [5.41, 5.74) is 1.55. The monoisotopic (exact) mass is 441 g/mol. The van der Waals surface area contributed by atoms with Crippen molar-refractivity contribution >= 4 is 33.3 Å². The molecule has 1 heterocycles. The van der Waals surface area contributed by atoms with Crippen molar-refractivity contribution in [1.82, 2.24) is 4.72 Å². The van der Waals surface area contributed by atoms with Gasteiger partial charge in [0.15, 0.2) is 5.75 Å². The van der Waals surface area contributed by atoms with Crippen LogP contribution in [0.15, 0.2) is 82.7 Å². The highest BCUT2D eigenvalue weighted by atomic mass is 35.5. The quantitative estimate of drug-likeness (QED) is 0.537. The van der Waals surface area contributed by atoms with Gasteiger partial charge in [-0.3, -0.25) is 4.99 Å². The second-order valence-electron chi connectivity index (χ2n) is 6.71. The number of halogens is 1. The van der Waals surface area contributed by atoms with Crippen LogP contribution in [-0.2, 0) is 16.4 Å². The summed E-state index contributed by atoms with van der Waals surface area (Å²) in [5.74, 6) is 0.958. The Morgan fingerprint density at radius 1 is 0.900 bits per heavy atom. The zero-order valence-electron chi connectivity index (χ0n) is 16.0. The lowest BCUT2D eigenvalue weighted by Crippen LogP contribution is -2.41. The van der Waals surface area contributed by atoms with Gasteiger partial charge in [-0.2, -0.15) is 0 Å². The summed E-state index contributed by atoms with van der Waals surface area (Å²) in [5, 5.41) is 3.48. The standard InChI is InChI=1S/C22H20ClN3O3S/c23-17-11-4-5-12-18(17)29-19-13-6-14-20-21(19)25-22(26-30(20,27)28)24-15-7-10-16-8-2-1-3-9-16/h1-6,8-9,11-14H,7,10,15H2,(H2,24,25,26). The molecule has 0 unspecified atom stereocenters. The Balaban J connectivity index is 1.54. The average molecular weight is 442 g/mol. The molecule has 0 amide bonds. The van der Waals surface area contributed by atoms with Gasteiger partial charge < -0.3 is 10.1 Å². The lowest BCUT2D eigenvalue weighted by Gasteiger charge is -2.23. The van der Waals surface area contributed by atoms with Gasteiger partial charge in [0.2, 0.25) is 5.96 Å². The minimum absolute atomic E-state index is 0.0929. The first-order valence-corrected chi connectivity index (χ1v) is 11.3. The van der Waals surface area contributed by atoms with Crippen LogP contribution in [0.5, 0.6) is 11.5 Å². The number of para-hydroxylation sites is 2. The summed E-state index contributed by atoms with van der Waals surface area (Å²) >= 11 is 6.18. The Morgan fingerprint density at radius 3 is 2.43 bits per heavy atom. The number of ether oxygens (including phenoxy) is 1. The zero-order chi connectivity index (χ0) is 21.0. The fourth-order valence-corrected chi connectivity index (χ4v) is 4.44. The molecule has 0 bridgehead atoms. The van der Waals surface area contributed by atoms with Crippen LogP contribution in [0.3, 0.4) is 0 Å². The lowest BCUT2D eigenvalue weighted by atomic mass is 10.1. The largest absolute Gasteiger partial charge is 0.454 e. The number of anilines is 1. The molecule has 3 aromatic carbocycles. The van der Waals surface area contributed by atoms with E-state index in [2.05, 4.69) is 27.2 Å². The number of hydrogen-bond acceptors (Lipinski definition) is 4. The smallest absolute Gasteiger partial charge is 0.266 e. The van der Waals surface area contributed by atoms with Crippen molar-refractivity contribution in [3.05, 3.63) is 83.4 Å². The van der Waals surface area contributed by atoms with Gasteiger partial charge in [0.25, 0.3) is 10.0 Å². The molecule has 6 nitrogen and oxygen atoms in total. The third-order valence-electron chi connectivity index (χ3n) is 4.54. The average Bonchev–Trinajstić information content (AvgIpc) is 2.74. The minimum atomic E-state index is -3.76. The van der Waals surface area contributed by atoms with E-state index in [1.54, 1.807) is 36.4 Å². The Hall–Kier alpha value is -3.03. The molecule has 1 aliphatic heterocycles. The van der Waals surface area contributed by atoms with E-state index in [9.17, 15) is 8.42 Å². The molecule has 3 aromatic rings. The van der Waals surface area contributed by atoms with Crippen LogP contribution in [0.4, 0.5) is 5.69 Å². The van der Waals surface area contributed by atoms with E-state index in [0.29, 0.717) is 28.8 Å². The van der Waals surface area contributed by atoms with E-state index in [0.717, 1.165) is 12.8 Å². The summed E-state index contributed by atoms with van der Waals surface area (Å²) < 4.78 is 33.8. The maximum absolute atomic E-state index is 12.7.